The molecule has 2 rings (SSSR count). The first kappa shape index (κ1) is 21.3. The van der Waals surface area contributed by atoms with Crippen LogP contribution in [0.1, 0.15) is 34.6 Å². The zero-order valence-corrected chi connectivity index (χ0v) is 17.7. The van der Waals surface area contributed by atoms with E-state index in [1.807, 2.05) is 49.6 Å². The molecule has 1 amide bonds. The maximum atomic E-state index is 12.6. The van der Waals surface area contributed by atoms with Gasteiger partial charge in [-0.15, -0.1) is 10.2 Å². The fraction of sp³-hybridized carbons (Fsp3) is 0.474. The standard InChI is InChI=1S/C19H24ClN5OS/c1-6-25-16(14-7-9-15(20)10-8-14)23-24-18(25)27-13(4)17(26)22-19(5,11-21)12(2)3/h7-10,12-13H,6H2,1-5H3,(H,22,26)/t13-,19-/m0/s1. The van der Waals surface area contributed by atoms with Crippen molar-refractivity contribution in [1.82, 2.24) is 20.1 Å². The lowest BCUT2D eigenvalue weighted by Gasteiger charge is -2.28. The molecule has 0 radical (unpaired) electrons. The molecule has 144 valence electrons. The molecule has 1 heterocycles. The number of hydrogen-bond donors (Lipinski definition) is 1. The molecule has 0 saturated heterocycles. The molecule has 0 aliphatic carbocycles. The monoisotopic (exact) mass is 405 g/mol. The highest BCUT2D eigenvalue weighted by molar-refractivity contribution is 8.00. The van der Waals surface area contributed by atoms with Crippen LogP contribution < -0.4 is 5.32 Å². The van der Waals surface area contributed by atoms with Gasteiger partial charge in [0.2, 0.25) is 5.91 Å². The van der Waals surface area contributed by atoms with Gasteiger partial charge in [-0.2, -0.15) is 5.26 Å². The van der Waals surface area contributed by atoms with Crippen molar-refractivity contribution in [3.63, 3.8) is 0 Å². The molecule has 0 unspecified atom stereocenters. The van der Waals surface area contributed by atoms with Gasteiger partial charge in [-0.05, 0) is 51.0 Å². The molecule has 1 N–H and O–H groups in total. The van der Waals surface area contributed by atoms with E-state index < -0.39 is 10.8 Å². The number of carbonyl (C=O) groups is 1. The number of halogens is 1. The number of nitrogens with one attached hydrogen (secondary N) is 1. The molecular weight excluding hydrogens is 382 g/mol. The molecule has 0 spiro atoms. The molecule has 0 fully saturated rings. The van der Waals surface area contributed by atoms with Gasteiger partial charge in [-0.3, -0.25) is 4.79 Å². The van der Waals surface area contributed by atoms with Gasteiger partial charge in [-0.1, -0.05) is 37.2 Å². The normalized spacial score (nSPS) is 14.4. The third kappa shape index (κ3) is 4.82. The van der Waals surface area contributed by atoms with Crippen molar-refractivity contribution in [3.05, 3.63) is 29.3 Å². The second-order valence-electron chi connectivity index (χ2n) is 6.78. The van der Waals surface area contributed by atoms with E-state index in [0.29, 0.717) is 16.7 Å². The number of amides is 1. The molecular formula is C19H24ClN5OS. The van der Waals surface area contributed by atoms with Gasteiger partial charge < -0.3 is 9.88 Å². The minimum Gasteiger partial charge on any atom is -0.337 e. The molecule has 0 aliphatic rings. The van der Waals surface area contributed by atoms with Crippen LogP contribution in [0.5, 0.6) is 0 Å². The SMILES string of the molecule is CCn1c(S[C@@H](C)C(=O)N[C@@](C)(C#N)C(C)C)nnc1-c1ccc(Cl)cc1. The minimum atomic E-state index is -0.904. The first-order valence-corrected chi connectivity index (χ1v) is 10.1. The summed E-state index contributed by atoms with van der Waals surface area (Å²) in [6.07, 6.45) is 0. The number of hydrogen-bond acceptors (Lipinski definition) is 5. The minimum absolute atomic E-state index is 0.000507. The van der Waals surface area contributed by atoms with E-state index in [9.17, 15) is 10.1 Å². The van der Waals surface area contributed by atoms with Crippen LogP contribution in [-0.2, 0) is 11.3 Å². The largest absolute Gasteiger partial charge is 0.337 e. The molecule has 0 saturated carbocycles. The highest BCUT2D eigenvalue weighted by Gasteiger charge is 2.32. The second kappa shape index (κ2) is 8.77. The van der Waals surface area contributed by atoms with Crippen molar-refractivity contribution in [2.75, 3.05) is 0 Å². The first-order valence-electron chi connectivity index (χ1n) is 8.81. The number of nitrogens with zero attached hydrogens (tertiary/aromatic N) is 4. The van der Waals surface area contributed by atoms with Crippen molar-refractivity contribution >= 4 is 29.3 Å². The van der Waals surface area contributed by atoms with Crippen molar-refractivity contribution in [3.8, 4) is 17.5 Å². The van der Waals surface area contributed by atoms with Crippen LogP contribution in [0, 0.1) is 17.2 Å². The summed E-state index contributed by atoms with van der Waals surface area (Å²) in [4.78, 5) is 12.6. The predicted octanol–water partition coefficient (Wildman–Crippen LogP) is 4.15. The number of carbonyl (C=O) groups excluding carboxylic acids is 1. The average Bonchev–Trinajstić information content (AvgIpc) is 3.04. The number of aromatic nitrogens is 3. The summed E-state index contributed by atoms with van der Waals surface area (Å²) in [5, 5.41) is 21.7. The molecule has 8 heteroatoms. The Hall–Kier alpha value is -2.04. The van der Waals surface area contributed by atoms with Crippen LogP contribution in [0.2, 0.25) is 5.02 Å². The van der Waals surface area contributed by atoms with Crippen LogP contribution in [0.4, 0.5) is 0 Å². The maximum Gasteiger partial charge on any atom is 0.234 e. The molecule has 0 bridgehead atoms. The van der Waals surface area contributed by atoms with Gasteiger partial charge in [0.1, 0.15) is 5.54 Å². The molecule has 27 heavy (non-hydrogen) atoms. The molecule has 6 nitrogen and oxygen atoms in total. The van der Waals surface area contributed by atoms with Crippen LogP contribution in [0.3, 0.4) is 0 Å². The van der Waals surface area contributed by atoms with Gasteiger partial charge in [0.05, 0.1) is 11.3 Å². The van der Waals surface area contributed by atoms with E-state index in [1.165, 1.54) is 11.8 Å². The Bertz CT molecular complexity index is 843. The summed E-state index contributed by atoms with van der Waals surface area (Å²) in [6, 6.07) is 9.60. The second-order valence-corrected chi connectivity index (χ2v) is 8.52. The van der Waals surface area contributed by atoms with Crippen LogP contribution >= 0.6 is 23.4 Å². The van der Waals surface area contributed by atoms with Crippen molar-refractivity contribution < 1.29 is 4.79 Å². The predicted molar refractivity (Wildman–Crippen MR) is 108 cm³/mol. The van der Waals surface area contributed by atoms with Crippen molar-refractivity contribution in [2.45, 2.75) is 57.1 Å². The van der Waals surface area contributed by atoms with Crippen LogP contribution in [-0.4, -0.2) is 31.5 Å². The smallest absolute Gasteiger partial charge is 0.234 e. The molecule has 2 atom stereocenters. The first-order chi connectivity index (χ1) is 12.7. The third-order valence-corrected chi connectivity index (χ3v) is 5.89. The van der Waals surface area contributed by atoms with Gasteiger partial charge >= 0.3 is 0 Å². The summed E-state index contributed by atoms with van der Waals surface area (Å²) in [7, 11) is 0. The molecule has 1 aromatic carbocycles. The van der Waals surface area contributed by atoms with E-state index in [1.54, 1.807) is 13.8 Å². The van der Waals surface area contributed by atoms with Crippen molar-refractivity contribution in [1.29, 1.82) is 5.26 Å². The Balaban J connectivity index is 2.19. The van der Waals surface area contributed by atoms with E-state index in [-0.39, 0.29) is 11.8 Å². The Labute approximate surface area is 169 Å². The summed E-state index contributed by atoms with van der Waals surface area (Å²) in [6.45, 7) is 10.0. The zero-order valence-electron chi connectivity index (χ0n) is 16.2. The summed E-state index contributed by atoms with van der Waals surface area (Å²) < 4.78 is 1.96. The fourth-order valence-electron chi connectivity index (χ4n) is 2.34. The van der Waals surface area contributed by atoms with E-state index >= 15 is 0 Å². The van der Waals surface area contributed by atoms with E-state index in [0.717, 1.165) is 11.4 Å². The Kier molecular flexibility index (Phi) is 6.90. The van der Waals surface area contributed by atoms with Gasteiger partial charge in [0, 0.05) is 17.1 Å². The Morgan fingerprint density at radius 1 is 1.33 bits per heavy atom. The third-order valence-electron chi connectivity index (χ3n) is 4.56. The van der Waals surface area contributed by atoms with Crippen LogP contribution in [0.25, 0.3) is 11.4 Å². The number of nitriles is 1. The number of thioether (sulfide) groups is 1. The fourth-order valence-corrected chi connectivity index (χ4v) is 3.38. The molecule has 2 aromatic rings. The van der Waals surface area contributed by atoms with E-state index in [2.05, 4.69) is 21.6 Å². The maximum absolute atomic E-state index is 12.6. The lowest BCUT2D eigenvalue weighted by molar-refractivity contribution is -0.121. The average molecular weight is 406 g/mol. The zero-order chi connectivity index (χ0) is 20.2. The highest BCUT2D eigenvalue weighted by Crippen LogP contribution is 2.28. The molecule has 1 aromatic heterocycles. The topological polar surface area (TPSA) is 83.6 Å². The summed E-state index contributed by atoms with van der Waals surface area (Å²) in [5.74, 6) is 0.532. The number of rotatable bonds is 7. The highest BCUT2D eigenvalue weighted by atomic mass is 35.5. The lowest BCUT2D eigenvalue weighted by Crippen LogP contribution is -2.51. The van der Waals surface area contributed by atoms with Gasteiger partial charge in [-0.25, -0.2) is 0 Å². The summed E-state index contributed by atoms with van der Waals surface area (Å²) in [5.41, 5.74) is 0.00767. The Morgan fingerprint density at radius 3 is 2.48 bits per heavy atom. The summed E-state index contributed by atoms with van der Waals surface area (Å²) >= 11 is 7.28. The van der Waals surface area contributed by atoms with Gasteiger partial charge in [0.25, 0.3) is 0 Å². The van der Waals surface area contributed by atoms with Crippen LogP contribution in [0.15, 0.2) is 29.4 Å². The lowest BCUT2D eigenvalue weighted by atomic mass is 9.90. The number of benzene rings is 1. The molecule has 0 aliphatic heterocycles. The van der Waals surface area contributed by atoms with Gasteiger partial charge in [0.15, 0.2) is 11.0 Å². The van der Waals surface area contributed by atoms with E-state index in [4.69, 9.17) is 11.6 Å². The Morgan fingerprint density at radius 2 is 1.96 bits per heavy atom. The quantitative estimate of drug-likeness (QED) is 0.699. The van der Waals surface area contributed by atoms with Crippen molar-refractivity contribution in [2.24, 2.45) is 5.92 Å².